The largest absolute Gasteiger partial charge is 0.326 e. The number of hydrogen-bond acceptors (Lipinski definition) is 3. The first-order valence-electron chi connectivity index (χ1n) is 6.62. The van der Waals surface area contributed by atoms with E-state index in [9.17, 15) is 0 Å². The smallest absolute Gasteiger partial charge is 0.0590 e. The van der Waals surface area contributed by atoms with E-state index in [0.29, 0.717) is 6.04 Å². The zero-order valence-electron chi connectivity index (χ0n) is 11.6. The van der Waals surface area contributed by atoms with Gasteiger partial charge in [-0.05, 0) is 45.5 Å². The van der Waals surface area contributed by atoms with Crippen molar-refractivity contribution in [2.75, 3.05) is 13.6 Å². The fraction of sp³-hybridized carbons (Fsp3) is 0.714. The quantitative estimate of drug-likeness (QED) is 0.806. The van der Waals surface area contributed by atoms with Gasteiger partial charge < -0.3 is 5.73 Å². The average molecular weight is 254 g/mol. The molecule has 0 aliphatic heterocycles. The summed E-state index contributed by atoms with van der Waals surface area (Å²) in [5.41, 5.74) is 6.30. The Kier molecular flexibility index (Phi) is 6.17. The summed E-state index contributed by atoms with van der Waals surface area (Å²) in [6.45, 7) is 7.70. The first kappa shape index (κ1) is 14.7. The predicted molar refractivity (Wildman–Crippen MR) is 77.6 cm³/mol. The second kappa shape index (κ2) is 7.14. The first-order chi connectivity index (χ1) is 8.10. The lowest BCUT2D eigenvalue weighted by Crippen LogP contribution is -2.38. The van der Waals surface area contributed by atoms with Gasteiger partial charge in [0.1, 0.15) is 0 Å². The molecule has 2 nitrogen and oxygen atoms in total. The van der Waals surface area contributed by atoms with Crippen LogP contribution in [0.5, 0.6) is 0 Å². The zero-order chi connectivity index (χ0) is 12.8. The number of nitrogens with zero attached hydrogens (tertiary/aromatic N) is 1. The number of thiophene rings is 1. The number of nitrogens with two attached hydrogens (primary N) is 1. The van der Waals surface area contributed by atoms with E-state index in [2.05, 4.69) is 44.9 Å². The number of rotatable bonds is 7. The van der Waals surface area contributed by atoms with Crippen LogP contribution in [-0.2, 0) is 0 Å². The molecule has 2 unspecified atom stereocenters. The van der Waals surface area contributed by atoms with Gasteiger partial charge in [-0.3, -0.25) is 4.90 Å². The van der Waals surface area contributed by atoms with Gasteiger partial charge in [0.25, 0.3) is 0 Å². The van der Waals surface area contributed by atoms with E-state index < -0.39 is 0 Å². The van der Waals surface area contributed by atoms with E-state index in [1.165, 1.54) is 22.6 Å². The average Bonchev–Trinajstić information content (AvgIpc) is 2.73. The predicted octanol–water partition coefficient (Wildman–Crippen LogP) is 3.57. The Hall–Kier alpha value is -0.380. The molecule has 0 aromatic carbocycles. The highest BCUT2D eigenvalue weighted by Gasteiger charge is 2.23. The molecule has 0 bridgehead atoms. The third-order valence-corrected chi connectivity index (χ3v) is 4.34. The van der Waals surface area contributed by atoms with E-state index in [4.69, 9.17) is 5.73 Å². The highest BCUT2D eigenvalue weighted by atomic mass is 32.1. The van der Waals surface area contributed by atoms with Crippen LogP contribution in [0.2, 0.25) is 0 Å². The van der Waals surface area contributed by atoms with Crippen molar-refractivity contribution < 1.29 is 0 Å². The van der Waals surface area contributed by atoms with Crippen LogP contribution in [0.3, 0.4) is 0 Å². The van der Waals surface area contributed by atoms with Gasteiger partial charge in [0, 0.05) is 15.8 Å². The van der Waals surface area contributed by atoms with Gasteiger partial charge in [-0.1, -0.05) is 20.3 Å². The van der Waals surface area contributed by atoms with Crippen molar-refractivity contribution in [3.8, 4) is 0 Å². The molecule has 0 aliphatic carbocycles. The minimum absolute atomic E-state index is 0.231. The third-order valence-electron chi connectivity index (χ3n) is 3.27. The third kappa shape index (κ3) is 4.09. The standard InChI is InChI=1S/C14H26N2S/c1-5-7-10-16(4)14(12(15)6-2)13-9-8-11(3)17-13/h8-9,12,14H,5-7,10,15H2,1-4H3. The maximum absolute atomic E-state index is 6.30. The van der Waals surface area contributed by atoms with Gasteiger partial charge in [0.15, 0.2) is 0 Å². The van der Waals surface area contributed by atoms with E-state index in [0.717, 1.165) is 13.0 Å². The van der Waals surface area contributed by atoms with Gasteiger partial charge in [-0.15, -0.1) is 11.3 Å². The van der Waals surface area contributed by atoms with Crippen LogP contribution in [0.4, 0.5) is 0 Å². The molecule has 0 aliphatic rings. The maximum Gasteiger partial charge on any atom is 0.0590 e. The second-order valence-corrected chi connectivity index (χ2v) is 6.12. The molecule has 1 aromatic rings. The Morgan fingerprint density at radius 1 is 1.35 bits per heavy atom. The molecular weight excluding hydrogens is 228 g/mol. The summed E-state index contributed by atoms with van der Waals surface area (Å²) in [7, 11) is 2.20. The lowest BCUT2D eigenvalue weighted by Gasteiger charge is -2.31. The second-order valence-electron chi connectivity index (χ2n) is 4.80. The van der Waals surface area contributed by atoms with Crippen LogP contribution in [0, 0.1) is 6.92 Å². The van der Waals surface area contributed by atoms with Crippen LogP contribution in [0.1, 0.15) is 48.9 Å². The van der Waals surface area contributed by atoms with E-state index in [-0.39, 0.29) is 6.04 Å². The van der Waals surface area contributed by atoms with Gasteiger partial charge in [-0.25, -0.2) is 0 Å². The summed E-state index contributed by atoms with van der Waals surface area (Å²) in [4.78, 5) is 5.20. The molecule has 0 saturated carbocycles. The number of likely N-dealkylation sites (N-methyl/N-ethyl adjacent to an activating group) is 1. The summed E-state index contributed by atoms with van der Waals surface area (Å²) in [6.07, 6.45) is 3.51. The van der Waals surface area contributed by atoms with Crippen molar-refractivity contribution >= 4 is 11.3 Å². The molecule has 0 amide bonds. The van der Waals surface area contributed by atoms with Crippen molar-refractivity contribution in [2.45, 2.75) is 52.1 Å². The Labute approximate surface area is 110 Å². The summed E-state index contributed by atoms with van der Waals surface area (Å²) >= 11 is 1.88. The molecule has 1 rings (SSSR count). The molecule has 3 heteroatoms. The van der Waals surface area contributed by atoms with Crippen LogP contribution < -0.4 is 5.73 Å². The lowest BCUT2D eigenvalue weighted by atomic mass is 10.0. The van der Waals surface area contributed by atoms with E-state index >= 15 is 0 Å². The van der Waals surface area contributed by atoms with Crippen molar-refractivity contribution in [2.24, 2.45) is 5.73 Å². The highest BCUT2D eigenvalue weighted by molar-refractivity contribution is 7.12. The normalized spacial score (nSPS) is 15.2. The Morgan fingerprint density at radius 2 is 2.06 bits per heavy atom. The SMILES string of the molecule is CCCCN(C)C(c1ccc(C)s1)C(N)CC. The molecular formula is C14H26N2S. The number of unbranched alkanes of at least 4 members (excludes halogenated alkanes) is 1. The Bertz CT molecular complexity index is 322. The monoisotopic (exact) mass is 254 g/mol. The molecule has 0 radical (unpaired) electrons. The zero-order valence-corrected chi connectivity index (χ0v) is 12.4. The van der Waals surface area contributed by atoms with Crippen LogP contribution >= 0.6 is 11.3 Å². The minimum atomic E-state index is 0.231. The van der Waals surface area contributed by atoms with E-state index in [1.54, 1.807) is 0 Å². The minimum Gasteiger partial charge on any atom is -0.326 e. The summed E-state index contributed by atoms with van der Waals surface area (Å²) in [5, 5.41) is 0. The lowest BCUT2D eigenvalue weighted by molar-refractivity contribution is 0.210. The molecule has 98 valence electrons. The van der Waals surface area contributed by atoms with Crippen molar-refractivity contribution in [3.63, 3.8) is 0 Å². The summed E-state index contributed by atoms with van der Waals surface area (Å²) in [5.74, 6) is 0. The van der Waals surface area contributed by atoms with Crippen LogP contribution in [0.15, 0.2) is 12.1 Å². The van der Waals surface area contributed by atoms with E-state index in [1.807, 2.05) is 11.3 Å². The molecule has 0 saturated heterocycles. The van der Waals surface area contributed by atoms with Crippen LogP contribution in [0.25, 0.3) is 0 Å². The fourth-order valence-corrected chi connectivity index (χ4v) is 3.26. The molecule has 1 heterocycles. The molecule has 2 N–H and O–H groups in total. The van der Waals surface area contributed by atoms with Gasteiger partial charge in [0.2, 0.25) is 0 Å². The molecule has 17 heavy (non-hydrogen) atoms. The topological polar surface area (TPSA) is 29.3 Å². The first-order valence-corrected chi connectivity index (χ1v) is 7.43. The molecule has 2 atom stereocenters. The van der Waals surface area contributed by atoms with Crippen molar-refractivity contribution in [3.05, 3.63) is 21.9 Å². The Morgan fingerprint density at radius 3 is 2.53 bits per heavy atom. The maximum atomic E-state index is 6.30. The number of hydrogen-bond donors (Lipinski definition) is 1. The fourth-order valence-electron chi connectivity index (χ4n) is 2.14. The summed E-state index contributed by atoms with van der Waals surface area (Å²) < 4.78 is 0. The molecule has 0 spiro atoms. The summed E-state index contributed by atoms with van der Waals surface area (Å²) in [6, 6.07) is 5.05. The highest BCUT2D eigenvalue weighted by Crippen LogP contribution is 2.30. The van der Waals surface area contributed by atoms with Gasteiger partial charge in [0.05, 0.1) is 6.04 Å². The van der Waals surface area contributed by atoms with Crippen LogP contribution in [-0.4, -0.2) is 24.5 Å². The Balaban J connectivity index is 2.80. The molecule has 0 fully saturated rings. The van der Waals surface area contributed by atoms with Gasteiger partial charge in [-0.2, -0.15) is 0 Å². The van der Waals surface area contributed by atoms with Gasteiger partial charge >= 0.3 is 0 Å². The van der Waals surface area contributed by atoms with Crippen molar-refractivity contribution in [1.29, 1.82) is 0 Å². The molecule has 1 aromatic heterocycles. The number of aryl methyl sites for hydroxylation is 1. The van der Waals surface area contributed by atoms with Crippen molar-refractivity contribution in [1.82, 2.24) is 4.90 Å².